The Kier molecular flexibility index (Phi) is 4.74. The normalized spacial score (nSPS) is 15.5. The number of nitrogens with two attached hydrogens (primary N) is 1. The average Bonchev–Trinajstić information content (AvgIpc) is 3.22. The summed E-state index contributed by atoms with van der Waals surface area (Å²) < 4.78 is 0. The minimum Gasteiger partial charge on any atom is -0.354 e. The fourth-order valence-electron chi connectivity index (χ4n) is 2.08. The highest BCUT2D eigenvalue weighted by Crippen LogP contribution is 2.31. The molecule has 0 aromatic heterocycles. The molecule has 0 spiro atoms. The highest BCUT2D eigenvalue weighted by atomic mass is 16.2. The number of carbonyl (C=O) groups is 2. The lowest BCUT2D eigenvalue weighted by Crippen LogP contribution is -2.39. The van der Waals surface area contributed by atoms with Crippen molar-refractivity contribution in [3.63, 3.8) is 0 Å². The van der Waals surface area contributed by atoms with Crippen LogP contribution in [0.15, 0.2) is 24.3 Å². The molecule has 20 heavy (non-hydrogen) atoms. The number of rotatable bonds is 6. The van der Waals surface area contributed by atoms with Crippen molar-refractivity contribution in [2.75, 3.05) is 11.9 Å². The molecule has 5 nitrogen and oxygen atoms in total. The van der Waals surface area contributed by atoms with Crippen molar-refractivity contribution < 1.29 is 9.59 Å². The van der Waals surface area contributed by atoms with Crippen molar-refractivity contribution in [3.05, 3.63) is 29.8 Å². The van der Waals surface area contributed by atoms with Crippen LogP contribution in [-0.2, 0) is 16.0 Å². The Morgan fingerprint density at radius 3 is 2.50 bits per heavy atom. The lowest BCUT2D eigenvalue weighted by atomic mass is 10.1. The van der Waals surface area contributed by atoms with E-state index >= 15 is 0 Å². The molecular weight excluding hydrogens is 254 g/mol. The largest absolute Gasteiger partial charge is 0.354 e. The molecule has 0 radical (unpaired) electrons. The van der Waals surface area contributed by atoms with Gasteiger partial charge >= 0.3 is 0 Å². The van der Waals surface area contributed by atoms with Crippen molar-refractivity contribution >= 4 is 17.5 Å². The third-order valence-electron chi connectivity index (χ3n) is 3.40. The third kappa shape index (κ3) is 4.66. The van der Waals surface area contributed by atoms with E-state index in [9.17, 15) is 9.59 Å². The fraction of sp³-hybridized carbons (Fsp3) is 0.467. The van der Waals surface area contributed by atoms with Gasteiger partial charge in [0.15, 0.2) is 0 Å². The van der Waals surface area contributed by atoms with Crippen LogP contribution >= 0.6 is 0 Å². The monoisotopic (exact) mass is 275 g/mol. The molecule has 0 heterocycles. The van der Waals surface area contributed by atoms with E-state index in [1.807, 2.05) is 12.1 Å². The van der Waals surface area contributed by atoms with Crippen molar-refractivity contribution in [1.29, 1.82) is 0 Å². The maximum atomic E-state index is 11.8. The van der Waals surface area contributed by atoms with E-state index in [1.54, 1.807) is 12.1 Å². The Bertz CT molecular complexity index is 480. The first kappa shape index (κ1) is 14.5. The third-order valence-corrected chi connectivity index (χ3v) is 3.40. The van der Waals surface area contributed by atoms with Gasteiger partial charge in [-0.25, -0.2) is 0 Å². The van der Waals surface area contributed by atoms with E-state index in [2.05, 4.69) is 10.6 Å². The van der Waals surface area contributed by atoms with Crippen molar-refractivity contribution in [2.24, 2.45) is 11.7 Å². The van der Waals surface area contributed by atoms with Gasteiger partial charge in [0.1, 0.15) is 0 Å². The second kappa shape index (κ2) is 6.52. The zero-order chi connectivity index (χ0) is 14.5. The van der Waals surface area contributed by atoms with Crippen molar-refractivity contribution in [2.45, 2.75) is 32.2 Å². The Morgan fingerprint density at radius 1 is 1.30 bits per heavy atom. The minimum atomic E-state index is -0.107. The maximum Gasteiger partial charge on any atom is 0.224 e. The molecule has 1 aliphatic carbocycles. The first-order chi connectivity index (χ1) is 9.54. The van der Waals surface area contributed by atoms with Crippen LogP contribution in [0.5, 0.6) is 0 Å². The number of nitrogens with one attached hydrogen (secondary N) is 2. The van der Waals surface area contributed by atoms with Gasteiger partial charge in [-0.05, 0) is 36.5 Å². The lowest BCUT2D eigenvalue weighted by molar-refractivity contribution is -0.120. The first-order valence-electron chi connectivity index (χ1n) is 6.93. The quantitative estimate of drug-likeness (QED) is 0.725. The van der Waals surface area contributed by atoms with Gasteiger partial charge in [-0.1, -0.05) is 12.1 Å². The van der Waals surface area contributed by atoms with Crippen LogP contribution in [0.1, 0.15) is 25.3 Å². The predicted molar refractivity (Wildman–Crippen MR) is 78.2 cm³/mol. The summed E-state index contributed by atoms with van der Waals surface area (Å²) in [5.41, 5.74) is 7.58. The van der Waals surface area contributed by atoms with Crippen molar-refractivity contribution in [3.8, 4) is 0 Å². The standard InChI is InChI=1S/C15H21N3O2/c1-10(19)18-13-6-2-11(3-7-13)8-15(20)17-9-14(16)12-4-5-12/h2-3,6-7,12,14H,4-5,8-9,16H2,1H3,(H,17,20)(H,18,19). The number of amides is 2. The molecule has 2 rings (SSSR count). The molecule has 0 bridgehead atoms. The van der Waals surface area contributed by atoms with Crippen LogP contribution < -0.4 is 16.4 Å². The van der Waals surface area contributed by atoms with Crippen LogP contribution in [0, 0.1) is 5.92 Å². The minimum absolute atomic E-state index is 0.0200. The number of benzene rings is 1. The Balaban J connectivity index is 1.76. The number of hydrogen-bond acceptors (Lipinski definition) is 3. The van der Waals surface area contributed by atoms with Gasteiger partial charge in [0.2, 0.25) is 11.8 Å². The number of carbonyl (C=O) groups excluding carboxylic acids is 2. The summed E-state index contributed by atoms with van der Waals surface area (Å²) >= 11 is 0. The van der Waals surface area contributed by atoms with Gasteiger partial charge in [0.05, 0.1) is 6.42 Å². The summed E-state index contributed by atoms with van der Waals surface area (Å²) in [6.07, 6.45) is 2.70. The van der Waals surface area contributed by atoms with Crippen LogP contribution in [0.4, 0.5) is 5.69 Å². The second-order valence-electron chi connectivity index (χ2n) is 5.36. The molecular formula is C15H21N3O2. The summed E-state index contributed by atoms with van der Waals surface area (Å²) in [5, 5.41) is 5.55. The summed E-state index contributed by atoms with van der Waals surface area (Å²) in [5.74, 6) is 0.463. The molecule has 1 aromatic rings. The van der Waals surface area contributed by atoms with Gasteiger partial charge in [-0.15, -0.1) is 0 Å². The summed E-state index contributed by atoms with van der Waals surface area (Å²) in [4.78, 5) is 22.7. The molecule has 1 aliphatic rings. The van der Waals surface area contributed by atoms with E-state index in [0.717, 1.165) is 11.3 Å². The molecule has 2 amide bonds. The molecule has 1 unspecified atom stereocenters. The van der Waals surface area contributed by atoms with E-state index in [-0.39, 0.29) is 17.9 Å². The van der Waals surface area contributed by atoms with Gasteiger partial charge in [0.25, 0.3) is 0 Å². The van der Waals surface area contributed by atoms with Gasteiger partial charge < -0.3 is 16.4 Å². The van der Waals surface area contributed by atoms with E-state index in [0.29, 0.717) is 18.9 Å². The SMILES string of the molecule is CC(=O)Nc1ccc(CC(=O)NCC(N)C2CC2)cc1. The molecule has 0 aliphatic heterocycles. The average molecular weight is 275 g/mol. The van der Waals surface area contributed by atoms with E-state index in [1.165, 1.54) is 19.8 Å². The Labute approximate surface area is 118 Å². The number of hydrogen-bond donors (Lipinski definition) is 3. The van der Waals surface area contributed by atoms with E-state index < -0.39 is 0 Å². The Hall–Kier alpha value is -1.88. The first-order valence-corrected chi connectivity index (χ1v) is 6.93. The molecule has 1 saturated carbocycles. The summed E-state index contributed by atoms with van der Waals surface area (Å²) in [6.45, 7) is 2.01. The molecule has 1 aromatic carbocycles. The van der Waals surface area contributed by atoms with Gasteiger partial charge in [-0.3, -0.25) is 9.59 Å². The molecule has 0 saturated heterocycles. The summed E-state index contributed by atoms with van der Waals surface area (Å²) in [6, 6.07) is 7.35. The zero-order valence-electron chi connectivity index (χ0n) is 11.7. The van der Waals surface area contributed by atoms with Gasteiger partial charge in [-0.2, -0.15) is 0 Å². The maximum absolute atomic E-state index is 11.8. The number of anilines is 1. The van der Waals surface area contributed by atoms with Crippen molar-refractivity contribution in [1.82, 2.24) is 5.32 Å². The molecule has 108 valence electrons. The topological polar surface area (TPSA) is 84.2 Å². The molecule has 5 heteroatoms. The van der Waals surface area contributed by atoms with Crippen LogP contribution in [0.25, 0.3) is 0 Å². The zero-order valence-corrected chi connectivity index (χ0v) is 11.7. The lowest BCUT2D eigenvalue weighted by Gasteiger charge is -2.11. The molecule has 1 fully saturated rings. The fourth-order valence-corrected chi connectivity index (χ4v) is 2.08. The van der Waals surface area contributed by atoms with Gasteiger partial charge in [0, 0.05) is 25.2 Å². The van der Waals surface area contributed by atoms with Crippen LogP contribution in [0.3, 0.4) is 0 Å². The van der Waals surface area contributed by atoms with E-state index in [4.69, 9.17) is 5.73 Å². The predicted octanol–water partition coefficient (Wildman–Crippen LogP) is 1.04. The molecule has 1 atom stereocenters. The van der Waals surface area contributed by atoms with Crippen LogP contribution in [0.2, 0.25) is 0 Å². The smallest absolute Gasteiger partial charge is 0.224 e. The second-order valence-corrected chi connectivity index (χ2v) is 5.36. The Morgan fingerprint density at radius 2 is 1.95 bits per heavy atom. The highest BCUT2D eigenvalue weighted by Gasteiger charge is 2.28. The van der Waals surface area contributed by atoms with Crippen LogP contribution in [-0.4, -0.2) is 24.4 Å². The highest BCUT2D eigenvalue weighted by molar-refractivity contribution is 5.88. The molecule has 4 N–H and O–H groups in total. The summed E-state index contributed by atoms with van der Waals surface area (Å²) in [7, 11) is 0.